The lowest BCUT2D eigenvalue weighted by atomic mass is 9.77. The molecule has 0 radical (unpaired) electrons. The van der Waals surface area contributed by atoms with E-state index in [4.69, 9.17) is 0 Å². The Balaban J connectivity index is 2.42. The fraction of sp³-hybridized carbons (Fsp3) is 0.478. The van der Waals surface area contributed by atoms with Crippen LogP contribution < -0.4 is 0 Å². The maximum Gasteiger partial charge on any atom is 0.168 e. The topological polar surface area (TPSA) is 34.1 Å². The Bertz CT molecular complexity index is 795. The highest BCUT2D eigenvalue weighted by Crippen LogP contribution is 2.32. The van der Waals surface area contributed by atoms with Crippen LogP contribution in [-0.4, -0.2) is 11.6 Å². The van der Waals surface area contributed by atoms with Crippen molar-refractivity contribution in [3.05, 3.63) is 47.5 Å². The zero-order valence-electron chi connectivity index (χ0n) is 16.4. The number of carbonyl (C=O) groups is 2. The van der Waals surface area contributed by atoms with Gasteiger partial charge in [-0.05, 0) is 42.2 Å². The lowest BCUT2D eigenvalue weighted by Crippen LogP contribution is -2.26. The van der Waals surface area contributed by atoms with Crippen molar-refractivity contribution in [2.45, 2.75) is 60.8 Å². The Hall–Kier alpha value is -1.96. The molecular weight excluding hydrogens is 308 g/mol. The minimum Gasteiger partial charge on any atom is -0.294 e. The number of Topliss-reactive ketones (excluding diaryl/α,β-unsaturated/α-hetero) is 2. The molecule has 0 aliphatic rings. The first-order valence-electron chi connectivity index (χ1n) is 9.32. The van der Waals surface area contributed by atoms with Crippen LogP contribution in [0.2, 0.25) is 0 Å². The molecule has 0 N–H and O–H groups in total. The van der Waals surface area contributed by atoms with Gasteiger partial charge in [-0.25, -0.2) is 0 Å². The van der Waals surface area contributed by atoms with E-state index in [0.29, 0.717) is 0 Å². The molecule has 2 nitrogen and oxygen atoms in total. The summed E-state index contributed by atoms with van der Waals surface area (Å²) in [5.74, 6) is 0.369. The van der Waals surface area contributed by atoms with E-state index in [2.05, 4.69) is 13.8 Å². The molecule has 25 heavy (non-hydrogen) atoms. The Morgan fingerprint density at radius 1 is 0.720 bits per heavy atom. The largest absolute Gasteiger partial charge is 0.294 e. The molecule has 0 aromatic heterocycles. The van der Waals surface area contributed by atoms with Crippen LogP contribution in [0.3, 0.4) is 0 Å². The fourth-order valence-electron chi connectivity index (χ4n) is 3.00. The summed E-state index contributed by atoms with van der Waals surface area (Å²) in [4.78, 5) is 25.5. The van der Waals surface area contributed by atoms with E-state index in [1.807, 2.05) is 64.1 Å². The van der Waals surface area contributed by atoms with E-state index in [1.54, 1.807) is 0 Å². The number of hydrogen-bond donors (Lipinski definition) is 0. The molecule has 0 spiro atoms. The van der Waals surface area contributed by atoms with E-state index < -0.39 is 0 Å². The van der Waals surface area contributed by atoms with Gasteiger partial charge in [-0.1, -0.05) is 65.8 Å². The van der Waals surface area contributed by atoms with Crippen LogP contribution >= 0.6 is 0 Å². The third-order valence-corrected chi connectivity index (χ3v) is 5.97. The van der Waals surface area contributed by atoms with Crippen molar-refractivity contribution in [1.82, 2.24) is 0 Å². The SMILES string of the molecule is CCC(C)(C)C(=O)c1ccc2cc(C(=O)C(C)(CC)CC)ccc2c1. The molecule has 2 aromatic rings. The Kier molecular flexibility index (Phi) is 5.51. The molecule has 0 aliphatic heterocycles. The standard InChI is InChI=1S/C23H30O2/c1-7-22(4,5)20(24)18-12-10-17-15-19(13-11-16(17)14-18)21(25)23(6,8-2)9-3/h10-15H,7-9H2,1-6H3. The molecule has 0 atom stereocenters. The molecule has 0 aliphatic carbocycles. The van der Waals surface area contributed by atoms with Gasteiger partial charge in [0.15, 0.2) is 11.6 Å². The van der Waals surface area contributed by atoms with Gasteiger partial charge < -0.3 is 0 Å². The van der Waals surface area contributed by atoms with Crippen molar-refractivity contribution in [3.63, 3.8) is 0 Å². The second kappa shape index (κ2) is 7.11. The highest BCUT2D eigenvalue weighted by Gasteiger charge is 2.30. The first kappa shape index (κ1) is 19.4. The lowest BCUT2D eigenvalue weighted by Gasteiger charge is -2.25. The molecule has 2 heteroatoms. The van der Waals surface area contributed by atoms with Gasteiger partial charge in [-0.3, -0.25) is 9.59 Å². The maximum absolute atomic E-state index is 12.9. The Morgan fingerprint density at radius 3 is 1.56 bits per heavy atom. The van der Waals surface area contributed by atoms with Crippen molar-refractivity contribution in [2.24, 2.45) is 10.8 Å². The number of hydrogen-bond acceptors (Lipinski definition) is 2. The minimum atomic E-state index is -0.354. The van der Waals surface area contributed by atoms with Gasteiger partial charge >= 0.3 is 0 Å². The summed E-state index contributed by atoms with van der Waals surface area (Å²) < 4.78 is 0. The second-order valence-electron chi connectivity index (χ2n) is 7.94. The van der Waals surface area contributed by atoms with Crippen LogP contribution in [0.15, 0.2) is 36.4 Å². The van der Waals surface area contributed by atoms with Gasteiger partial charge in [0.05, 0.1) is 0 Å². The van der Waals surface area contributed by atoms with Gasteiger partial charge in [0.1, 0.15) is 0 Å². The molecule has 0 bridgehead atoms. The third kappa shape index (κ3) is 3.68. The number of fused-ring (bicyclic) bond motifs is 1. The summed E-state index contributed by atoms with van der Waals surface area (Å²) in [7, 11) is 0. The molecule has 0 heterocycles. The van der Waals surface area contributed by atoms with Crippen LogP contribution in [0.4, 0.5) is 0 Å². The van der Waals surface area contributed by atoms with Crippen molar-refractivity contribution in [2.75, 3.05) is 0 Å². The quantitative estimate of drug-likeness (QED) is 0.542. The molecule has 0 unspecified atom stereocenters. The summed E-state index contributed by atoms with van der Waals surface area (Å²) in [6.45, 7) is 12.2. The highest BCUT2D eigenvalue weighted by atomic mass is 16.1. The zero-order valence-corrected chi connectivity index (χ0v) is 16.4. The first-order valence-corrected chi connectivity index (χ1v) is 9.32. The minimum absolute atomic E-state index is 0.168. The Morgan fingerprint density at radius 2 is 1.16 bits per heavy atom. The lowest BCUT2D eigenvalue weighted by molar-refractivity contribution is 0.0801. The van der Waals surface area contributed by atoms with E-state index in [-0.39, 0.29) is 22.4 Å². The van der Waals surface area contributed by atoms with Crippen LogP contribution in [0.1, 0.15) is 81.5 Å². The van der Waals surface area contributed by atoms with Crippen LogP contribution in [0.5, 0.6) is 0 Å². The fourth-order valence-corrected chi connectivity index (χ4v) is 3.00. The van der Waals surface area contributed by atoms with E-state index in [0.717, 1.165) is 41.2 Å². The summed E-state index contributed by atoms with van der Waals surface area (Å²) in [5, 5.41) is 2.01. The van der Waals surface area contributed by atoms with Crippen LogP contribution in [0.25, 0.3) is 10.8 Å². The van der Waals surface area contributed by atoms with Crippen molar-refractivity contribution < 1.29 is 9.59 Å². The molecule has 0 fully saturated rings. The molecule has 0 amide bonds. The average molecular weight is 338 g/mol. The summed E-state index contributed by atoms with van der Waals surface area (Å²) in [6.07, 6.45) is 2.48. The molecular formula is C23H30O2. The van der Waals surface area contributed by atoms with E-state index >= 15 is 0 Å². The van der Waals surface area contributed by atoms with Gasteiger partial charge in [-0.2, -0.15) is 0 Å². The summed E-state index contributed by atoms with van der Waals surface area (Å²) >= 11 is 0. The molecule has 2 rings (SSSR count). The number of rotatable bonds is 7. The summed E-state index contributed by atoms with van der Waals surface area (Å²) in [5.41, 5.74) is 0.833. The predicted octanol–water partition coefficient (Wildman–Crippen LogP) is 6.47. The van der Waals surface area contributed by atoms with Gasteiger partial charge in [0, 0.05) is 22.0 Å². The smallest absolute Gasteiger partial charge is 0.168 e. The van der Waals surface area contributed by atoms with Gasteiger partial charge in [0.25, 0.3) is 0 Å². The van der Waals surface area contributed by atoms with Crippen molar-refractivity contribution in [3.8, 4) is 0 Å². The van der Waals surface area contributed by atoms with Crippen LogP contribution in [-0.2, 0) is 0 Å². The second-order valence-corrected chi connectivity index (χ2v) is 7.94. The average Bonchev–Trinajstić information content (AvgIpc) is 2.65. The van der Waals surface area contributed by atoms with Gasteiger partial charge in [-0.15, -0.1) is 0 Å². The zero-order chi connectivity index (χ0) is 18.8. The molecule has 0 saturated carbocycles. The predicted molar refractivity (Wildman–Crippen MR) is 105 cm³/mol. The van der Waals surface area contributed by atoms with Crippen LogP contribution in [0, 0.1) is 10.8 Å². The normalized spacial score (nSPS) is 12.4. The highest BCUT2D eigenvalue weighted by molar-refractivity contribution is 6.05. The number of ketones is 2. The van der Waals surface area contributed by atoms with E-state index in [9.17, 15) is 9.59 Å². The summed E-state index contributed by atoms with van der Waals surface area (Å²) in [6, 6.07) is 11.6. The first-order chi connectivity index (χ1) is 11.7. The maximum atomic E-state index is 12.9. The molecule has 2 aromatic carbocycles. The van der Waals surface area contributed by atoms with Crippen molar-refractivity contribution >= 4 is 22.3 Å². The molecule has 0 saturated heterocycles. The molecule has 134 valence electrons. The van der Waals surface area contributed by atoms with Crippen molar-refractivity contribution in [1.29, 1.82) is 0 Å². The number of benzene rings is 2. The number of carbonyl (C=O) groups excluding carboxylic acids is 2. The van der Waals surface area contributed by atoms with E-state index in [1.165, 1.54) is 0 Å². The van der Waals surface area contributed by atoms with Gasteiger partial charge in [0.2, 0.25) is 0 Å². The monoisotopic (exact) mass is 338 g/mol. The Labute approximate surface area is 151 Å². The third-order valence-electron chi connectivity index (χ3n) is 5.97.